The van der Waals surface area contributed by atoms with Gasteiger partial charge in [-0.3, -0.25) is 0 Å². The minimum absolute atomic E-state index is 0.0979. The molecule has 2 atom stereocenters. The predicted octanol–water partition coefficient (Wildman–Crippen LogP) is 6.42. The average molecular weight is 337 g/mol. The molecule has 0 saturated heterocycles. The summed E-state index contributed by atoms with van der Waals surface area (Å²) < 4.78 is 6.45. The van der Waals surface area contributed by atoms with Crippen molar-refractivity contribution in [2.45, 2.75) is 84.2 Å². The maximum absolute atomic E-state index is 6.45. The van der Waals surface area contributed by atoms with Gasteiger partial charge in [0.05, 0.1) is 0 Å². The smallest absolute Gasteiger partial charge is 0.123 e. The Hall–Kier alpha value is -1.68. The number of hydrogen-bond donors (Lipinski definition) is 0. The van der Waals surface area contributed by atoms with Gasteiger partial charge in [-0.05, 0) is 63.1 Å². The van der Waals surface area contributed by atoms with E-state index in [2.05, 4.69) is 63.8 Å². The average Bonchev–Trinajstić information content (AvgIpc) is 2.57. The summed E-state index contributed by atoms with van der Waals surface area (Å²) in [5, 5.41) is 0. The summed E-state index contributed by atoms with van der Waals surface area (Å²) in [6.45, 7) is 9.00. The highest BCUT2D eigenvalue weighted by atomic mass is 16.5. The van der Waals surface area contributed by atoms with E-state index in [9.17, 15) is 0 Å². The first kappa shape index (κ1) is 18.1. The molecule has 1 heterocycles. The second-order valence-electron chi connectivity index (χ2n) is 8.27. The molecular formula is C24H32O. The Bertz CT molecular complexity index is 699. The van der Waals surface area contributed by atoms with Crippen LogP contribution in [0.3, 0.4) is 0 Å². The lowest BCUT2D eigenvalue weighted by Crippen LogP contribution is -2.45. The van der Waals surface area contributed by atoms with E-state index in [1.807, 2.05) is 0 Å². The Morgan fingerprint density at radius 2 is 2.04 bits per heavy atom. The van der Waals surface area contributed by atoms with Crippen LogP contribution in [0.15, 0.2) is 29.8 Å². The summed E-state index contributed by atoms with van der Waals surface area (Å²) in [6, 6.07) is 6.79. The van der Waals surface area contributed by atoms with Crippen molar-refractivity contribution in [1.82, 2.24) is 0 Å². The highest BCUT2D eigenvalue weighted by molar-refractivity contribution is 5.45. The molecule has 3 rings (SSSR count). The van der Waals surface area contributed by atoms with Crippen molar-refractivity contribution in [2.75, 3.05) is 0 Å². The predicted molar refractivity (Wildman–Crippen MR) is 106 cm³/mol. The highest BCUT2D eigenvalue weighted by Gasteiger charge is 2.44. The lowest BCUT2D eigenvalue weighted by Gasteiger charge is -2.47. The van der Waals surface area contributed by atoms with E-state index in [0.29, 0.717) is 11.8 Å². The molecule has 2 aliphatic rings. The molecule has 1 aliphatic heterocycles. The molecule has 1 aliphatic carbocycles. The standard InChI is InChI=1S/C24H32O/c1-5-6-7-8-9-10-11-19-13-14-20-21-16-18(2)12-15-22(21)24(3,4)25-23(20)17-19/h12-14,17,21-22H,5-8,11,15-16H2,1-4H3/t21?,22-/m0/s1. The Kier molecular flexibility index (Phi) is 5.57. The topological polar surface area (TPSA) is 9.23 Å². The monoisotopic (exact) mass is 336 g/mol. The summed E-state index contributed by atoms with van der Waals surface area (Å²) in [4.78, 5) is 0. The van der Waals surface area contributed by atoms with Crippen LogP contribution in [0.25, 0.3) is 0 Å². The summed E-state index contributed by atoms with van der Waals surface area (Å²) in [5.41, 5.74) is 4.10. The number of ether oxygens (including phenoxy) is 1. The van der Waals surface area contributed by atoms with Crippen LogP contribution in [0.1, 0.15) is 83.3 Å². The number of benzene rings is 1. The van der Waals surface area contributed by atoms with Gasteiger partial charge in [0.2, 0.25) is 0 Å². The van der Waals surface area contributed by atoms with Crippen LogP contribution in [0.2, 0.25) is 0 Å². The summed E-state index contributed by atoms with van der Waals surface area (Å²) in [7, 11) is 0. The van der Waals surface area contributed by atoms with E-state index in [1.54, 1.807) is 0 Å². The van der Waals surface area contributed by atoms with Crippen molar-refractivity contribution in [1.29, 1.82) is 0 Å². The third-order valence-electron chi connectivity index (χ3n) is 5.81. The van der Waals surface area contributed by atoms with Crippen molar-refractivity contribution in [3.63, 3.8) is 0 Å². The van der Waals surface area contributed by atoms with E-state index in [1.165, 1.54) is 42.4 Å². The fourth-order valence-corrected chi connectivity index (χ4v) is 4.32. The SMILES string of the molecule is CCCCCC#CCc1ccc2c(c1)OC(C)(C)[C@H]1CC=C(C)CC21. The van der Waals surface area contributed by atoms with Gasteiger partial charge in [0.25, 0.3) is 0 Å². The third kappa shape index (κ3) is 4.12. The molecule has 134 valence electrons. The zero-order chi connectivity index (χ0) is 17.9. The van der Waals surface area contributed by atoms with Crippen molar-refractivity contribution in [3.8, 4) is 17.6 Å². The fourth-order valence-electron chi connectivity index (χ4n) is 4.32. The quantitative estimate of drug-likeness (QED) is 0.350. The van der Waals surface area contributed by atoms with Crippen molar-refractivity contribution in [3.05, 3.63) is 41.0 Å². The first-order valence-electron chi connectivity index (χ1n) is 9.94. The molecule has 0 radical (unpaired) electrons. The number of hydrogen-bond acceptors (Lipinski definition) is 1. The molecule has 0 aromatic heterocycles. The van der Waals surface area contributed by atoms with Crippen LogP contribution in [0.4, 0.5) is 0 Å². The van der Waals surface area contributed by atoms with Gasteiger partial charge in [0.1, 0.15) is 11.4 Å². The van der Waals surface area contributed by atoms with Crippen LogP contribution >= 0.6 is 0 Å². The lowest BCUT2D eigenvalue weighted by atomic mass is 9.67. The largest absolute Gasteiger partial charge is 0.487 e. The van der Waals surface area contributed by atoms with Crippen molar-refractivity contribution in [2.24, 2.45) is 5.92 Å². The molecule has 0 saturated carbocycles. The molecular weight excluding hydrogens is 304 g/mol. The van der Waals surface area contributed by atoms with Gasteiger partial charge in [-0.25, -0.2) is 0 Å². The number of rotatable bonds is 4. The second-order valence-corrected chi connectivity index (χ2v) is 8.27. The zero-order valence-corrected chi connectivity index (χ0v) is 16.3. The van der Waals surface area contributed by atoms with Gasteiger partial charge in [0.15, 0.2) is 0 Å². The lowest BCUT2D eigenvalue weighted by molar-refractivity contribution is 0.00849. The number of unbranched alkanes of at least 4 members (excludes halogenated alkanes) is 3. The molecule has 25 heavy (non-hydrogen) atoms. The molecule has 1 aromatic rings. The van der Waals surface area contributed by atoms with Gasteiger partial charge in [-0.1, -0.05) is 49.5 Å². The van der Waals surface area contributed by atoms with Gasteiger partial charge >= 0.3 is 0 Å². The molecule has 0 N–H and O–H groups in total. The third-order valence-corrected chi connectivity index (χ3v) is 5.81. The summed E-state index contributed by atoms with van der Waals surface area (Å²) in [5.74, 6) is 8.92. The Morgan fingerprint density at radius 1 is 1.20 bits per heavy atom. The molecule has 0 bridgehead atoms. The van der Waals surface area contributed by atoms with E-state index in [-0.39, 0.29) is 5.60 Å². The minimum Gasteiger partial charge on any atom is -0.487 e. The molecule has 1 nitrogen and oxygen atoms in total. The van der Waals surface area contributed by atoms with Crippen molar-refractivity contribution >= 4 is 0 Å². The Labute approximate surface area is 153 Å². The van der Waals surface area contributed by atoms with Crippen molar-refractivity contribution < 1.29 is 4.74 Å². The maximum atomic E-state index is 6.45. The highest BCUT2D eigenvalue weighted by Crippen LogP contribution is 2.51. The van der Waals surface area contributed by atoms with E-state index >= 15 is 0 Å². The van der Waals surface area contributed by atoms with Gasteiger partial charge in [-0.15, -0.1) is 5.92 Å². The van der Waals surface area contributed by atoms with E-state index < -0.39 is 0 Å². The maximum Gasteiger partial charge on any atom is 0.123 e. The Morgan fingerprint density at radius 3 is 2.84 bits per heavy atom. The Balaban J connectivity index is 1.75. The van der Waals surface area contributed by atoms with Gasteiger partial charge < -0.3 is 4.74 Å². The molecule has 0 spiro atoms. The summed E-state index contributed by atoms with van der Waals surface area (Å²) in [6.07, 6.45) is 10.3. The molecule has 1 aromatic carbocycles. The first-order valence-corrected chi connectivity index (χ1v) is 9.94. The summed E-state index contributed by atoms with van der Waals surface area (Å²) >= 11 is 0. The molecule has 1 unspecified atom stereocenters. The van der Waals surface area contributed by atoms with Gasteiger partial charge in [0, 0.05) is 18.8 Å². The van der Waals surface area contributed by atoms with E-state index in [0.717, 1.165) is 25.0 Å². The van der Waals surface area contributed by atoms with Crippen LogP contribution in [0.5, 0.6) is 5.75 Å². The number of allylic oxidation sites excluding steroid dienone is 2. The normalized spacial score (nSPS) is 23.4. The van der Waals surface area contributed by atoms with Crippen LogP contribution < -0.4 is 4.74 Å². The zero-order valence-electron chi connectivity index (χ0n) is 16.3. The first-order chi connectivity index (χ1) is 12.0. The van der Waals surface area contributed by atoms with Gasteiger partial charge in [-0.2, -0.15) is 0 Å². The molecule has 0 fully saturated rings. The molecule has 1 heteroatoms. The minimum atomic E-state index is -0.0979. The second kappa shape index (κ2) is 7.69. The molecule has 0 amide bonds. The van der Waals surface area contributed by atoms with Crippen LogP contribution in [-0.2, 0) is 6.42 Å². The number of fused-ring (bicyclic) bond motifs is 3. The van der Waals surface area contributed by atoms with E-state index in [4.69, 9.17) is 4.74 Å². The van der Waals surface area contributed by atoms with Crippen LogP contribution in [0, 0.1) is 17.8 Å². The van der Waals surface area contributed by atoms with Crippen LogP contribution in [-0.4, -0.2) is 5.60 Å². The fraction of sp³-hybridized carbons (Fsp3) is 0.583.